The Balaban J connectivity index is 1.60. The van der Waals surface area contributed by atoms with Gasteiger partial charge in [-0.25, -0.2) is 0 Å². The summed E-state index contributed by atoms with van der Waals surface area (Å²) < 4.78 is 0. The van der Waals surface area contributed by atoms with E-state index in [1.807, 2.05) is 17.9 Å². The van der Waals surface area contributed by atoms with Crippen LogP contribution in [0.3, 0.4) is 0 Å². The maximum atomic E-state index is 12.6. The van der Waals surface area contributed by atoms with E-state index in [1.54, 1.807) is 0 Å². The molecule has 1 amide bonds. The van der Waals surface area contributed by atoms with Gasteiger partial charge in [0.05, 0.1) is 11.5 Å². The second-order valence-corrected chi connectivity index (χ2v) is 6.55. The van der Waals surface area contributed by atoms with Gasteiger partial charge in [0.15, 0.2) is 0 Å². The molecule has 5 heteroatoms. The van der Waals surface area contributed by atoms with Crippen LogP contribution < -0.4 is 0 Å². The van der Waals surface area contributed by atoms with Crippen molar-refractivity contribution in [1.29, 1.82) is 5.26 Å². The molecule has 0 saturated carbocycles. The van der Waals surface area contributed by atoms with E-state index in [0.717, 1.165) is 75.4 Å². The molecule has 1 aromatic rings. The number of rotatable bonds is 3. The molecule has 2 aliphatic heterocycles. The molecule has 5 nitrogen and oxygen atoms in total. The van der Waals surface area contributed by atoms with Crippen LogP contribution in [-0.2, 0) is 11.3 Å². The molecule has 2 fully saturated rings. The molecule has 1 unspecified atom stereocenters. The number of nitriles is 1. The van der Waals surface area contributed by atoms with Gasteiger partial charge in [-0.05, 0) is 45.2 Å². The molecular weight excluding hydrogens is 276 g/mol. The van der Waals surface area contributed by atoms with Gasteiger partial charge >= 0.3 is 0 Å². The number of aryl methyl sites for hydroxylation is 1. The van der Waals surface area contributed by atoms with Crippen LogP contribution in [0, 0.1) is 24.2 Å². The molecule has 0 radical (unpaired) electrons. The van der Waals surface area contributed by atoms with Crippen LogP contribution in [-0.4, -0.2) is 46.9 Å². The number of carbonyl (C=O) groups is 1. The number of aromatic amines is 1. The first-order valence-corrected chi connectivity index (χ1v) is 8.27. The molecule has 0 spiro atoms. The molecule has 0 aliphatic carbocycles. The average molecular weight is 300 g/mol. The molecular formula is C17H24N4O. The number of nitrogens with zero attached hydrogens (tertiary/aromatic N) is 3. The molecule has 0 aromatic carbocycles. The van der Waals surface area contributed by atoms with E-state index in [0.29, 0.717) is 5.91 Å². The molecule has 0 bridgehead atoms. The number of hydrogen-bond donors (Lipinski definition) is 1. The van der Waals surface area contributed by atoms with Crippen LogP contribution in [0.2, 0.25) is 0 Å². The zero-order valence-electron chi connectivity index (χ0n) is 13.3. The topological polar surface area (TPSA) is 63.1 Å². The van der Waals surface area contributed by atoms with Crippen LogP contribution in [0.15, 0.2) is 6.07 Å². The van der Waals surface area contributed by atoms with E-state index in [1.165, 1.54) is 0 Å². The van der Waals surface area contributed by atoms with Crippen LogP contribution in [0.5, 0.6) is 0 Å². The Kier molecular flexibility index (Phi) is 4.49. The lowest BCUT2D eigenvalue weighted by atomic mass is 9.96. The number of nitrogens with one attached hydrogen (secondary N) is 1. The van der Waals surface area contributed by atoms with Crippen molar-refractivity contribution in [3.05, 3.63) is 23.0 Å². The van der Waals surface area contributed by atoms with Crippen molar-refractivity contribution >= 4 is 5.91 Å². The van der Waals surface area contributed by atoms with Crippen LogP contribution in [0.1, 0.15) is 42.6 Å². The zero-order valence-corrected chi connectivity index (χ0v) is 13.3. The van der Waals surface area contributed by atoms with Gasteiger partial charge in [0.1, 0.15) is 6.07 Å². The summed E-state index contributed by atoms with van der Waals surface area (Å²) in [5, 5.41) is 9.04. The minimum atomic E-state index is 0.151. The van der Waals surface area contributed by atoms with Crippen molar-refractivity contribution in [1.82, 2.24) is 14.8 Å². The smallest absolute Gasteiger partial charge is 0.226 e. The van der Waals surface area contributed by atoms with Crippen LogP contribution >= 0.6 is 0 Å². The predicted octanol–water partition coefficient (Wildman–Crippen LogP) is 2.03. The van der Waals surface area contributed by atoms with Crippen LogP contribution in [0.4, 0.5) is 0 Å². The van der Waals surface area contributed by atoms with E-state index < -0.39 is 0 Å². The van der Waals surface area contributed by atoms with Crippen molar-refractivity contribution in [2.75, 3.05) is 26.2 Å². The third-order valence-electron chi connectivity index (χ3n) is 4.86. The standard InChI is InChI=1S/C17H24N4O/c1-13-15(10-18)9-16(19-13)12-20-6-4-5-14(11-20)17(22)21-7-2-3-8-21/h9,14,19H,2-8,11-12H2,1H3. The molecule has 118 valence electrons. The highest BCUT2D eigenvalue weighted by Gasteiger charge is 2.30. The summed E-state index contributed by atoms with van der Waals surface area (Å²) in [6.07, 6.45) is 4.40. The quantitative estimate of drug-likeness (QED) is 0.929. The fourth-order valence-corrected chi connectivity index (χ4v) is 3.67. The number of piperidine rings is 1. The second-order valence-electron chi connectivity index (χ2n) is 6.55. The predicted molar refractivity (Wildman–Crippen MR) is 84.1 cm³/mol. The SMILES string of the molecule is Cc1[nH]c(CN2CCCC(C(=O)N3CCCC3)C2)cc1C#N. The van der Waals surface area contributed by atoms with Gasteiger partial charge in [0.2, 0.25) is 5.91 Å². The molecule has 3 rings (SSSR count). The molecule has 1 N–H and O–H groups in total. The maximum absolute atomic E-state index is 12.6. The van der Waals surface area contributed by atoms with Gasteiger partial charge in [-0.15, -0.1) is 0 Å². The Hall–Kier alpha value is -1.80. The van der Waals surface area contributed by atoms with Gasteiger partial charge < -0.3 is 9.88 Å². The van der Waals surface area contributed by atoms with E-state index in [9.17, 15) is 4.79 Å². The summed E-state index contributed by atoms with van der Waals surface area (Å²) in [5.74, 6) is 0.501. The third-order valence-corrected chi connectivity index (χ3v) is 4.86. The number of carbonyl (C=O) groups excluding carboxylic acids is 1. The van der Waals surface area contributed by atoms with Crippen molar-refractivity contribution in [3.8, 4) is 6.07 Å². The summed E-state index contributed by atoms with van der Waals surface area (Å²) >= 11 is 0. The Morgan fingerprint density at radius 2 is 2.14 bits per heavy atom. The fourth-order valence-electron chi connectivity index (χ4n) is 3.67. The zero-order chi connectivity index (χ0) is 15.5. The molecule has 2 saturated heterocycles. The maximum Gasteiger partial charge on any atom is 0.226 e. The average Bonchev–Trinajstić information content (AvgIpc) is 3.16. The third kappa shape index (κ3) is 3.17. The molecule has 3 heterocycles. The summed E-state index contributed by atoms with van der Waals surface area (Å²) in [6.45, 7) is 6.48. The summed E-state index contributed by atoms with van der Waals surface area (Å²) in [7, 11) is 0. The minimum Gasteiger partial charge on any atom is -0.360 e. The van der Waals surface area contributed by atoms with E-state index in [4.69, 9.17) is 5.26 Å². The van der Waals surface area contributed by atoms with Crippen molar-refractivity contribution < 1.29 is 4.79 Å². The second kappa shape index (κ2) is 6.53. The van der Waals surface area contributed by atoms with Crippen molar-refractivity contribution in [2.45, 2.75) is 39.2 Å². The highest BCUT2D eigenvalue weighted by molar-refractivity contribution is 5.79. The molecule has 1 aromatic heterocycles. The number of hydrogen-bond acceptors (Lipinski definition) is 3. The summed E-state index contributed by atoms with van der Waals surface area (Å²) in [6, 6.07) is 4.14. The van der Waals surface area contributed by atoms with Gasteiger partial charge in [0.25, 0.3) is 0 Å². The monoisotopic (exact) mass is 300 g/mol. The van der Waals surface area contributed by atoms with Gasteiger partial charge in [-0.1, -0.05) is 0 Å². The first kappa shape index (κ1) is 15.1. The minimum absolute atomic E-state index is 0.151. The van der Waals surface area contributed by atoms with Crippen molar-refractivity contribution in [2.24, 2.45) is 5.92 Å². The number of likely N-dealkylation sites (tertiary alicyclic amines) is 2. The van der Waals surface area contributed by atoms with Gasteiger partial charge in [-0.2, -0.15) is 5.26 Å². The normalized spacial score (nSPS) is 22.7. The van der Waals surface area contributed by atoms with Crippen molar-refractivity contribution in [3.63, 3.8) is 0 Å². The number of H-pyrrole nitrogens is 1. The van der Waals surface area contributed by atoms with E-state index >= 15 is 0 Å². The molecule has 22 heavy (non-hydrogen) atoms. The number of aromatic nitrogens is 1. The Bertz CT molecular complexity index is 580. The lowest BCUT2D eigenvalue weighted by Crippen LogP contribution is -2.43. The lowest BCUT2D eigenvalue weighted by molar-refractivity contribution is -0.136. The fraction of sp³-hybridized carbons (Fsp3) is 0.647. The van der Waals surface area contributed by atoms with E-state index in [2.05, 4.69) is 16.0 Å². The Morgan fingerprint density at radius 3 is 2.82 bits per heavy atom. The first-order valence-electron chi connectivity index (χ1n) is 8.27. The highest BCUT2D eigenvalue weighted by Crippen LogP contribution is 2.23. The van der Waals surface area contributed by atoms with E-state index in [-0.39, 0.29) is 5.92 Å². The molecule has 1 atom stereocenters. The van der Waals surface area contributed by atoms with Crippen LogP contribution in [0.25, 0.3) is 0 Å². The summed E-state index contributed by atoms with van der Waals surface area (Å²) in [5.41, 5.74) is 2.72. The van der Waals surface area contributed by atoms with Gasteiger partial charge in [0, 0.05) is 37.6 Å². The highest BCUT2D eigenvalue weighted by atomic mass is 16.2. The first-order chi connectivity index (χ1) is 10.7. The largest absolute Gasteiger partial charge is 0.360 e. The van der Waals surface area contributed by atoms with Gasteiger partial charge in [-0.3, -0.25) is 9.69 Å². The lowest BCUT2D eigenvalue weighted by Gasteiger charge is -2.33. The summed E-state index contributed by atoms with van der Waals surface area (Å²) in [4.78, 5) is 20.2. The Morgan fingerprint density at radius 1 is 1.36 bits per heavy atom. The number of amides is 1. The Labute approximate surface area is 131 Å². The molecule has 2 aliphatic rings.